The fraction of sp³-hybridized carbons (Fsp3) is 0.333. The Labute approximate surface area is 83.9 Å². The molecule has 3 nitrogen and oxygen atoms in total. The smallest absolute Gasteiger partial charge is 0.213 e. The maximum absolute atomic E-state index is 4.61. The van der Waals surface area contributed by atoms with Crippen molar-refractivity contribution in [2.45, 2.75) is 6.92 Å². The Morgan fingerprint density at radius 3 is 2.57 bits per heavy atom. The van der Waals surface area contributed by atoms with Crippen molar-refractivity contribution in [1.82, 2.24) is 10.2 Å². The summed E-state index contributed by atoms with van der Waals surface area (Å²) in [5, 5.41) is 6.91. The summed E-state index contributed by atoms with van der Waals surface area (Å²) in [6.07, 6.45) is 1.30. The molecule has 0 bridgehead atoms. The molecule has 0 unspecified atom stereocenters. The van der Waals surface area contributed by atoms with Gasteiger partial charge in [-0.05, 0) is 0 Å². The zero-order valence-corrected chi connectivity index (χ0v) is 7.50. The van der Waals surface area contributed by atoms with Crippen LogP contribution in [0.15, 0.2) is 10.8 Å². The minimum Gasteiger partial charge on any atom is -0.428 e. The first-order valence-electron chi connectivity index (χ1n) is 1.62. The molecule has 0 N–H and O–H groups in total. The molecular weight excluding hydrogens is 119 g/mol. The van der Waals surface area contributed by atoms with Crippen LogP contribution in [0.25, 0.3) is 0 Å². The predicted molar refractivity (Wildman–Crippen MR) is 24.8 cm³/mol. The van der Waals surface area contributed by atoms with E-state index in [4.69, 9.17) is 0 Å². The molecule has 0 amide bonds. The Morgan fingerprint density at radius 1 is 1.71 bits per heavy atom. The number of nitrogens with zero attached hydrogens (tertiary/aromatic N) is 2. The van der Waals surface area contributed by atoms with Crippen molar-refractivity contribution >= 4 is 51.4 Å². The van der Waals surface area contributed by atoms with Crippen LogP contribution in [0.2, 0.25) is 0 Å². The van der Waals surface area contributed by atoms with E-state index >= 15 is 0 Å². The van der Waals surface area contributed by atoms with Crippen LogP contribution in [0.3, 0.4) is 0 Å². The van der Waals surface area contributed by atoms with E-state index < -0.39 is 0 Å². The van der Waals surface area contributed by atoms with E-state index in [-0.39, 0.29) is 51.4 Å². The quantitative estimate of drug-likeness (QED) is 0.456. The number of rotatable bonds is 0. The summed E-state index contributed by atoms with van der Waals surface area (Å²) in [6.45, 7) is 1.74. The van der Waals surface area contributed by atoms with E-state index in [0.717, 1.165) is 0 Å². The second-order valence-corrected chi connectivity index (χ2v) is 0.958. The van der Waals surface area contributed by atoms with E-state index in [9.17, 15) is 0 Å². The molecule has 1 radical (unpaired) electrons. The van der Waals surface area contributed by atoms with Crippen LogP contribution in [0.1, 0.15) is 5.89 Å². The second-order valence-electron chi connectivity index (χ2n) is 0.958. The van der Waals surface area contributed by atoms with Gasteiger partial charge in [-0.15, -0.1) is 10.2 Å². The van der Waals surface area contributed by atoms with Crippen molar-refractivity contribution in [3.8, 4) is 0 Å². The van der Waals surface area contributed by atoms with Gasteiger partial charge in [-0.2, -0.15) is 0 Å². The van der Waals surface area contributed by atoms with E-state index in [1.807, 2.05) is 0 Å². The fourth-order valence-electron chi connectivity index (χ4n) is 0.228. The van der Waals surface area contributed by atoms with Gasteiger partial charge in [-0.25, -0.2) is 0 Å². The molecule has 4 heteroatoms. The maximum atomic E-state index is 4.61. The summed E-state index contributed by atoms with van der Waals surface area (Å²) in [4.78, 5) is 0. The average Bonchev–Trinajstić information content (AvgIpc) is 1.86. The standard InChI is InChI=1S/C3H4N2O.K/c1-3-5-4-2-6-3;/h2H,1H3;. The zero-order valence-electron chi connectivity index (χ0n) is 4.38. The van der Waals surface area contributed by atoms with Crippen LogP contribution in [0.4, 0.5) is 0 Å². The molecule has 0 atom stereocenters. The number of hydrogen-bond acceptors (Lipinski definition) is 3. The van der Waals surface area contributed by atoms with Crippen LogP contribution in [-0.4, -0.2) is 61.6 Å². The molecule has 7 heavy (non-hydrogen) atoms. The molecule has 0 aliphatic heterocycles. The Morgan fingerprint density at radius 2 is 2.43 bits per heavy atom. The maximum Gasteiger partial charge on any atom is 0.213 e. The summed E-state index contributed by atoms with van der Waals surface area (Å²) in [7, 11) is 0. The minimum atomic E-state index is 0. The van der Waals surface area contributed by atoms with E-state index in [2.05, 4.69) is 14.6 Å². The van der Waals surface area contributed by atoms with E-state index in [0.29, 0.717) is 5.89 Å². The summed E-state index contributed by atoms with van der Waals surface area (Å²) in [6, 6.07) is 0. The predicted octanol–water partition coefficient (Wildman–Crippen LogP) is -0.00278. The first-order valence-corrected chi connectivity index (χ1v) is 1.62. The molecule has 0 saturated heterocycles. The molecule has 1 aromatic heterocycles. The monoisotopic (exact) mass is 123 g/mol. The molecule has 0 aromatic carbocycles. The SMILES string of the molecule is Cc1nnco1.[K]. The van der Waals surface area contributed by atoms with Crippen molar-refractivity contribution in [1.29, 1.82) is 0 Å². The fourth-order valence-corrected chi connectivity index (χ4v) is 0.228. The molecule has 0 aliphatic rings. The zero-order chi connectivity index (χ0) is 4.41. The largest absolute Gasteiger partial charge is 0.428 e. The van der Waals surface area contributed by atoms with Crippen LogP contribution in [0, 0.1) is 6.92 Å². The molecule has 1 aromatic rings. The summed E-state index contributed by atoms with van der Waals surface area (Å²) < 4.78 is 4.61. The van der Waals surface area contributed by atoms with Crippen molar-refractivity contribution in [3.63, 3.8) is 0 Å². The molecule has 33 valence electrons. The molecule has 0 spiro atoms. The molecular formula is C3H4KN2O. The molecule has 0 aliphatic carbocycles. The van der Waals surface area contributed by atoms with Gasteiger partial charge in [0, 0.05) is 58.3 Å². The number of aromatic nitrogens is 2. The van der Waals surface area contributed by atoms with Crippen molar-refractivity contribution in [2.75, 3.05) is 0 Å². The summed E-state index contributed by atoms with van der Waals surface area (Å²) in [5.41, 5.74) is 0. The van der Waals surface area contributed by atoms with Gasteiger partial charge in [0.2, 0.25) is 12.3 Å². The van der Waals surface area contributed by atoms with Gasteiger partial charge >= 0.3 is 0 Å². The minimum absolute atomic E-state index is 0. The van der Waals surface area contributed by atoms with Crippen molar-refractivity contribution in [3.05, 3.63) is 12.3 Å². The van der Waals surface area contributed by atoms with Crippen LogP contribution >= 0.6 is 0 Å². The summed E-state index contributed by atoms with van der Waals surface area (Å²) >= 11 is 0. The Hall–Kier alpha value is 0.776. The third-order valence-corrected chi connectivity index (χ3v) is 0.469. The normalized spacial score (nSPS) is 7.57. The van der Waals surface area contributed by atoms with Gasteiger partial charge in [0.1, 0.15) is 0 Å². The molecule has 1 rings (SSSR count). The first-order chi connectivity index (χ1) is 2.89. The van der Waals surface area contributed by atoms with Gasteiger partial charge in [0.25, 0.3) is 0 Å². The van der Waals surface area contributed by atoms with Crippen molar-refractivity contribution in [2.24, 2.45) is 0 Å². The average molecular weight is 123 g/mol. The number of aryl methyl sites for hydroxylation is 1. The van der Waals surface area contributed by atoms with Gasteiger partial charge in [0.15, 0.2) is 0 Å². The third kappa shape index (κ3) is 2.56. The van der Waals surface area contributed by atoms with E-state index in [1.54, 1.807) is 6.92 Å². The van der Waals surface area contributed by atoms with Crippen LogP contribution in [-0.2, 0) is 0 Å². The Bertz CT molecular complexity index is 116. The second kappa shape index (κ2) is 3.74. The van der Waals surface area contributed by atoms with Crippen LogP contribution < -0.4 is 0 Å². The van der Waals surface area contributed by atoms with Crippen molar-refractivity contribution < 1.29 is 4.42 Å². The third-order valence-electron chi connectivity index (χ3n) is 0.469. The first kappa shape index (κ1) is 7.78. The summed E-state index contributed by atoms with van der Waals surface area (Å²) in [5.74, 6) is 0.606. The molecule has 0 fully saturated rings. The van der Waals surface area contributed by atoms with Crippen LogP contribution in [0.5, 0.6) is 0 Å². The van der Waals surface area contributed by atoms with Gasteiger partial charge in [-0.3, -0.25) is 0 Å². The van der Waals surface area contributed by atoms with Gasteiger partial charge in [-0.1, -0.05) is 0 Å². The Kier molecular flexibility index (Phi) is 4.15. The van der Waals surface area contributed by atoms with Gasteiger partial charge in [0.05, 0.1) is 0 Å². The number of hydrogen-bond donors (Lipinski definition) is 0. The topological polar surface area (TPSA) is 38.9 Å². The molecule has 1 heterocycles. The molecule has 0 saturated carbocycles. The van der Waals surface area contributed by atoms with E-state index in [1.165, 1.54) is 6.39 Å². The Balaban J connectivity index is 0.000000360. The van der Waals surface area contributed by atoms with Gasteiger partial charge < -0.3 is 4.42 Å².